The molecule has 8 nitrogen and oxygen atoms in total. The lowest BCUT2D eigenvalue weighted by Crippen LogP contribution is -2.41. The summed E-state index contributed by atoms with van der Waals surface area (Å²) in [5.41, 5.74) is 1.23. The van der Waals surface area contributed by atoms with Crippen molar-refractivity contribution in [2.45, 2.75) is 31.7 Å². The minimum Gasteiger partial charge on any atom is -0.447 e. The maximum Gasteiger partial charge on any atom is 0.412 e. The van der Waals surface area contributed by atoms with Crippen LogP contribution in [0.5, 0.6) is 0 Å². The predicted octanol–water partition coefficient (Wildman–Crippen LogP) is 5.57. The molecule has 0 radical (unpaired) electrons. The first kappa shape index (κ1) is 27.4. The van der Waals surface area contributed by atoms with Crippen molar-refractivity contribution in [3.63, 3.8) is 0 Å². The lowest BCUT2D eigenvalue weighted by Gasteiger charge is -2.28. The van der Waals surface area contributed by atoms with Crippen molar-refractivity contribution < 1.29 is 28.3 Å². The zero-order chi connectivity index (χ0) is 26.1. The lowest BCUT2D eigenvalue weighted by molar-refractivity contribution is -0.133. The maximum absolute atomic E-state index is 13.6. The second-order valence-corrected chi connectivity index (χ2v) is 8.86. The molecule has 0 aliphatic rings. The average Bonchev–Trinajstić information content (AvgIpc) is 3.33. The van der Waals surface area contributed by atoms with E-state index in [-0.39, 0.29) is 42.8 Å². The van der Waals surface area contributed by atoms with E-state index in [4.69, 9.17) is 32.5 Å². The van der Waals surface area contributed by atoms with Gasteiger partial charge < -0.3 is 19.3 Å². The lowest BCUT2D eigenvalue weighted by atomic mass is 10.1. The third kappa shape index (κ3) is 7.68. The molecule has 1 aromatic heterocycles. The predicted molar refractivity (Wildman–Crippen MR) is 135 cm³/mol. The van der Waals surface area contributed by atoms with E-state index >= 15 is 0 Å². The Bertz CT molecular complexity index is 1190. The molecule has 2 aromatic carbocycles. The highest BCUT2D eigenvalue weighted by Gasteiger charge is 2.22. The number of hydrogen-bond acceptors (Lipinski definition) is 6. The highest BCUT2D eigenvalue weighted by molar-refractivity contribution is 6.31. The van der Waals surface area contributed by atoms with Gasteiger partial charge in [-0.15, -0.1) is 0 Å². The normalized spacial score (nSPS) is 11.7. The summed E-state index contributed by atoms with van der Waals surface area (Å²) in [5, 5.41) is 16.0. The Labute approximate surface area is 217 Å². The van der Waals surface area contributed by atoms with Crippen LogP contribution < -0.4 is 5.32 Å². The summed E-state index contributed by atoms with van der Waals surface area (Å²) < 4.78 is 24.2. The number of benzene rings is 2. The van der Waals surface area contributed by atoms with Crippen LogP contribution in [0.2, 0.25) is 10.0 Å². The van der Waals surface area contributed by atoms with Crippen LogP contribution in [0.15, 0.2) is 53.1 Å². The molecule has 3 rings (SSSR count). The first-order valence-corrected chi connectivity index (χ1v) is 12.0. The van der Waals surface area contributed by atoms with Gasteiger partial charge in [-0.1, -0.05) is 52.6 Å². The smallest absolute Gasteiger partial charge is 0.412 e. The van der Waals surface area contributed by atoms with Gasteiger partial charge in [-0.25, -0.2) is 9.18 Å². The van der Waals surface area contributed by atoms with Crippen molar-refractivity contribution in [3.8, 4) is 11.3 Å². The molecule has 0 saturated heterocycles. The van der Waals surface area contributed by atoms with Crippen LogP contribution in [0.25, 0.3) is 11.3 Å². The van der Waals surface area contributed by atoms with Gasteiger partial charge in [0.1, 0.15) is 12.4 Å². The van der Waals surface area contributed by atoms with Crippen LogP contribution in [0, 0.1) is 5.82 Å². The minimum absolute atomic E-state index is 0.00355. The molecule has 3 aromatic rings. The quantitative estimate of drug-likeness (QED) is 0.331. The van der Waals surface area contributed by atoms with Gasteiger partial charge in [-0.3, -0.25) is 10.1 Å². The number of anilines is 1. The first-order chi connectivity index (χ1) is 17.3. The van der Waals surface area contributed by atoms with Gasteiger partial charge in [0.25, 0.3) is 0 Å². The number of halogens is 3. The van der Waals surface area contributed by atoms with Gasteiger partial charge in [0.05, 0.1) is 11.1 Å². The summed E-state index contributed by atoms with van der Waals surface area (Å²) in [6.07, 6.45) is 0.398. The largest absolute Gasteiger partial charge is 0.447 e. The highest BCUT2D eigenvalue weighted by Crippen LogP contribution is 2.25. The molecule has 2 N–H and O–H groups in total. The summed E-state index contributed by atoms with van der Waals surface area (Å²) in [6.45, 7) is -0.178. The molecule has 1 heterocycles. The van der Waals surface area contributed by atoms with E-state index in [9.17, 15) is 19.1 Å². The monoisotopic (exact) mass is 537 g/mol. The molecule has 0 spiro atoms. The minimum atomic E-state index is -0.776. The number of nitrogens with zero attached hydrogens (tertiary/aromatic N) is 2. The van der Waals surface area contributed by atoms with E-state index in [1.807, 2.05) is 0 Å². The Morgan fingerprint density at radius 1 is 1.22 bits per heavy atom. The SMILES string of the molecule is CN(C(=O)CCc1cccc(F)c1Cl)[C@@H](CCCO)COC(=O)Nc1cc(-c2cccc(Cl)c2)on1. The third-order valence-electron chi connectivity index (χ3n) is 5.53. The average molecular weight is 538 g/mol. The van der Waals surface area contributed by atoms with Crippen molar-refractivity contribution in [1.29, 1.82) is 0 Å². The molecule has 0 fully saturated rings. The second kappa shape index (κ2) is 13.2. The van der Waals surface area contributed by atoms with E-state index in [0.717, 1.165) is 0 Å². The Balaban J connectivity index is 1.54. The molecule has 0 unspecified atom stereocenters. The molecule has 0 saturated carbocycles. The number of carbonyl (C=O) groups is 2. The van der Waals surface area contributed by atoms with Gasteiger partial charge in [0.2, 0.25) is 5.91 Å². The molecular formula is C25H26Cl2FN3O5. The number of aromatic nitrogens is 1. The van der Waals surface area contributed by atoms with Gasteiger partial charge >= 0.3 is 6.09 Å². The molecule has 11 heteroatoms. The van der Waals surface area contributed by atoms with E-state index in [2.05, 4.69) is 10.5 Å². The van der Waals surface area contributed by atoms with Crippen molar-refractivity contribution in [2.24, 2.45) is 0 Å². The zero-order valence-corrected chi connectivity index (χ0v) is 21.1. The van der Waals surface area contributed by atoms with Crippen LogP contribution in [0.3, 0.4) is 0 Å². The van der Waals surface area contributed by atoms with Crippen molar-refractivity contribution in [1.82, 2.24) is 10.1 Å². The van der Waals surface area contributed by atoms with Gasteiger partial charge in [0, 0.05) is 36.7 Å². The maximum atomic E-state index is 13.6. The molecule has 1 atom stereocenters. The number of aliphatic hydroxyl groups is 1. The fourth-order valence-corrected chi connectivity index (χ4v) is 3.91. The summed E-state index contributed by atoms with van der Waals surface area (Å²) in [5.74, 6) is -0.206. The second-order valence-electron chi connectivity index (χ2n) is 8.05. The van der Waals surface area contributed by atoms with Gasteiger partial charge in [-0.05, 0) is 43.0 Å². The summed E-state index contributed by atoms with van der Waals surface area (Å²) in [7, 11) is 1.59. The number of rotatable bonds is 11. The van der Waals surface area contributed by atoms with E-state index in [1.54, 1.807) is 37.4 Å². The van der Waals surface area contributed by atoms with Crippen molar-refractivity contribution in [2.75, 3.05) is 25.6 Å². The van der Waals surface area contributed by atoms with Gasteiger partial charge in [0.15, 0.2) is 11.6 Å². The Morgan fingerprint density at radius 3 is 2.75 bits per heavy atom. The van der Waals surface area contributed by atoms with Crippen LogP contribution in [-0.4, -0.2) is 53.5 Å². The van der Waals surface area contributed by atoms with E-state index in [1.165, 1.54) is 23.1 Å². The molecule has 2 amide bonds. The standard InChI is InChI=1S/C25H26Cl2FN3O5/c1-31(23(33)11-10-16-5-3-9-20(28)24(16)27)19(8-4-12-32)15-35-25(34)29-22-14-21(36-30-22)17-6-2-7-18(26)13-17/h2-3,5-7,9,13-14,19,32H,4,8,10-12,15H2,1H3,(H,29,30,34)/t19-/m0/s1. The number of carbonyl (C=O) groups excluding carboxylic acids is 2. The molecule has 0 aliphatic heterocycles. The topological polar surface area (TPSA) is 105 Å². The molecular weight excluding hydrogens is 512 g/mol. The van der Waals surface area contributed by atoms with Crippen LogP contribution >= 0.6 is 23.2 Å². The zero-order valence-electron chi connectivity index (χ0n) is 19.5. The number of amides is 2. The Morgan fingerprint density at radius 2 is 2.00 bits per heavy atom. The number of aliphatic hydroxyl groups excluding tert-OH is 1. The molecule has 0 bridgehead atoms. The van der Waals surface area contributed by atoms with E-state index < -0.39 is 18.0 Å². The Kier molecular flexibility index (Phi) is 10.1. The summed E-state index contributed by atoms with van der Waals surface area (Å²) in [4.78, 5) is 26.5. The van der Waals surface area contributed by atoms with Crippen LogP contribution in [0.4, 0.5) is 15.0 Å². The molecule has 192 valence electrons. The van der Waals surface area contributed by atoms with Crippen LogP contribution in [-0.2, 0) is 16.0 Å². The number of ether oxygens (including phenoxy) is 1. The Hall–Kier alpha value is -3.14. The molecule has 0 aliphatic carbocycles. The fourth-order valence-electron chi connectivity index (χ4n) is 3.50. The number of aryl methyl sites for hydroxylation is 1. The number of nitrogens with one attached hydrogen (secondary N) is 1. The highest BCUT2D eigenvalue weighted by atomic mass is 35.5. The van der Waals surface area contributed by atoms with Crippen molar-refractivity contribution >= 4 is 41.0 Å². The number of hydrogen-bond donors (Lipinski definition) is 2. The van der Waals surface area contributed by atoms with Crippen molar-refractivity contribution in [3.05, 3.63) is 70.0 Å². The summed E-state index contributed by atoms with van der Waals surface area (Å²) in [6, 6.07) is 12.5. The fraction of sp³-hybridized carbons (Fsp3) is 0.320. The summed E-state index contributed by atoms with van der Waals surface area (Å²) >= 11 is 12.0. The van der Waals surface area contributed by atoms with E-state index in [0.29, 0.717) is 34.8 Å². The first-order valence-electron chi connectivity index (χ1n) is 11.2. The number of likely N-dealkylation sites (N-methyl/N-ethyl adjacent to an activating group) is 1. The van der Waals surface area contributed by atoms with Crippen LogP contribution in [0.1, 0.15) is 24.8 Å². The third-order valence-corrected chi connectivity index (χ3v) is 6.19. The van der Waals surface area contributed by atoms with Gasteiger partial charge in [-0.2, -0.15) is 0 Å². The molecule has 36 heavy (non-hydrogen) atoms.